The first-order valence-corrected chi connectivity index (χ1v) is 16.9. The smallest absolute Gasteiger partial charge is 0.276 e. The largest absolute Gasteiger partial charge is 0.392 e. The summed E-state index contributed by atoms with van der Waals surface area (Å²) >= 11 is 0. The van der Waals surface area contributed by atoms with Crippen LogP contribution in [0.1, 0.15) is 75.1 Å². The van der Waals surface area contributed by atoms with Gasteiger partial charge in [-0.2, -0.15) is 5.10 Å². The highest BCUT2D eigenvalue weighted by Crippen LogP contribution is 2.36. The average Bonchev–Trinajstić information content (AvgIpc) is 3.83. The number of rotatable bonds is 8. The third-order valence-electron chi connectivity index (χ3n) is 10.0. The van der Waals surface area contributed by atoms with Crippen molar-refractivity contribution in [2.75, 3.05) is 36.8 Å². The molecule has 5 heterocycles. The number of β-amino-alcohol motifs (C(OH)–C–C–N with tert-alkyl or cyclic N) is 2. The topological polar surface area (TPSA) is 136 Å². The number of carbonyl (C=O) groups excluding carboxylic acids is 2. The predicted octanol–water partition coefficient (Wildman–Crippen LogP) is 4.53. The minimum atomic E-state index is -0.293. The van der Waals surface area contributed by atoms with Gasteiger partial charge in [-0.15, -0.1) is 0 Å². The molecule has 4 N–H and O–H groups in total. The number of pyridine rings is 1. The fourth-order valence-electron chi connectivity index (χ4n) is 7.36. The van der Waals surface area contributed by atoms with E-state index in [0.29, 0.717) is 42.4 Å². The number of nitrogens with zero attached hydrogens (tertiary/aromatic N) is 5. The molecule has 2 amide bonds. The molecule has 7 rings (SSSR count). The fourth-order valence-corrected chi connectivity index (χ4v) is 7.36. The maximum atomic E-state index is 13.5. The normalized spacial score (nSPS) is 21.3. The van der Waals surface area contributed by atoms with Crippen LogP contribution in [0.3, 0.4) is 0 Å². The second-order valence-corrected chi connectivity index (χ2v) is 13.4. The molecule has 0 saturated carbocycles. The summed E-state index contributed by atoms with van der Waals surface area (Å²) in [6, 6.07) is 17.3. The van der Waals surface area contributed by atoms with Gasteiger partial charge in [0, 0.05) is 56.8 Å². The van der Waals surface area contributed by atoms with Gasteiger partial charge in [-0.25, -0.2) is 0 Å². The van der Waals surface area contributed by atoms with E-state index in [2.05, 4.69) is 30.5 Å². The van der Waals surface area contributed by atoms with E-state index in [1.807, 2.05) is 67.1 Å². The number of likely N-dealkylation sites (tertiary alicyclic amines) is 2. The quantitative estimate of drug-likeness (QED) is 0.219. The van der Waals surface area contributed by atoms with Crippen molar-refractivity contribution in [1.82, 2.24) is 24.6 Å². The molecule has 2 fully saturated rings. The van der Waals surface area contributed by atoms with Gasteiger partial charge in [0.25, 0.3) is 11.8 Å². The summed E-state index contributed by atoms with van der Waals surface area (Å²) in [5, 5.41) is 30.7. The minimum Gasteiger partial charge on any atom is -0.392 e. The zero-order chi connectivity index (χ0) is 33.4. The lowest BCUT2D eigenvalue weighted by Crippen LogP contribution is -2.32. The molecule has 11 nitrogen and oxygen atoms in total. The van der Waals surface area contributed by atoms with Crippen molar-refractivity contribution < 1.29 is 19.8 Å². The lowest BCUT2D eigenvalue weighted by atomic mass is 9.94. The third-order valence-corrected chi connectivity index (χ3v) is 10.0. The van der Waals surface area contributed by atoms with Crippen molar-refractivity contribution in [3.05, 3.63) is 94.6 Å². The van der Waals surface area contributed by atoms with E-state index in [0.717, 1.165) is 78.8 Å². The van der Waals surface area contributed by atoms with E-state index in [1.165, 1.54) is 0 Å². The molecule has 2 aromatic heterocycles. The Labute approximate surface area is 280 Å². The molecule has 250 valence electrons. The predicted molar refractivity (Wildman–Crippen MR) is 184 cm³/mol. The van der Waals surface area contributed by atoms with Gasteiger partial charge in [0.15, 0.2) is 5.69 Å². The number of aliphatic hydroxyl groups is 2. The number of hydrogen-bond donors (Lipinski definition) is 4. The van der Waals surface area contributed by atoms with Gasteiger partial charge in [0.05, 0.1) is 23.9 Å². The highest BCUT2D eigenvalue weighted by Gasteiger charge is 2.33. The SMILES string of the molecule is Cc1c(NC(=O)c2ccc(CN3CC[C@@H](O)C3)cn2)cccc1-c1cccc(NC(=O)c2cc3n(n2)CCC[C@H]3N2CC[C@@H](O)C2)c1C. The molecule has 3 aliphatic rings. The zero-order valence-electron chi connectivity index (χ0n) is 27.5. The molecule has 0 bridgehead atoms. The van der Waals surface area contributed by atoms with Gasteiger partial charge >= 0.3 is 0 Å². The van der Waals surface area contributed by atoms with Crippen molar-refractivity contribution >= 4 is 23.2 Å². The summed E-state index contributed by atoms with van der Waals surface area (Å²) < 4.78 is 1.95. The van der Waals surface area contributed by atoms with Crippen LogP contribution in [0, 0.1) is 13.8 Å². The highest BCUT2D eigenvalue weighted by molar-refractivity contribution is 6.05. The van der Waals surface area contributed by atoms with Crippen LogP contribution >= 0.6 is 0 Å². The van der Waals surface area contributed by atoms with Gasteiger partial charge in [0.2, 0.25) is 0 Å². The van der Waals surface area contributed by atoms with Crippen molar-refractivity contribution in [1.29, 1.82) is 0 Å². The van der Waals surface area contributed by atoms with Crippen molar-refractivity contribution in [3.63, 3.8) is 0 Å². The molecule has 4 aromatic rings. The molecule has 2 saturated heterocycles. The summed E-state index contributed by atoms with van der Waals surface area (Å²) in [5.74, 6) is -0.548. The van der Waals surface area contributed by atoms with Crippen molar-refractivity contribution in [2.45, 2.75) is 70.9 Å². The number of aliphatic hydroxyl groups excluding tert-OH is 2. The monoisotopic (exact) mass is 649 g/mol. The maximum Gasteiger partial charge on any atom is 0.276 e. The van der Waals surface area contributed by atoms with Gasteiger partial charge in [-0.05, 0) is 91.6 Å². The summed E-state index contributed by atoms with van der Waals surface area (Å²) in [4.78, 5) is 35.6. The Morgan fingerprint density at radius 2 is 1.48 bits per heavy atom. The van der Waals surface area contributed by atoms with E-state index in [1.54, 1.807) is 12.3 Å². The molecule has 0 unspecified atom stereocenters. The zero-order valence-corrected chi connectivity index (χ0v) is 27.5. The first-order chi connectivity index (χ1) is 23.2. The molecule has 3 aliphatic heterocycles. The van der Waals surface area contributed by atoms with Crippen molar-refractivity contribution in [2.24, 2.45) is 0 Å². The van der Waals surface area contributed by atoms with Gasteiger partial charge in [0.1, 0.15) is 5.69 Å². The van der Waals surface area contributed by atoms with E-state index in [4.69, 9.17) is 0 Å². The lowest BCUT2D eigenvalue weighted by Gasteiger charge is -2.31. The average molecular weight is 650 g/mol. The number of benzene rings is 2. The summed E-state index contributed by atoms with van der Waals surface area (Å²) in [6.07, 6.45) is 4.70. The third kappa shape index (κ3) is 6.64. The maximum absolute atomic E-state index is 13.5. The number of nitrogens with one attached hydrogen (secondary N) is 2. The Bertz CT molecular complexity index is 1820. The molecule has 11 heteroatoms. The molecule has 3 atom stereocenters. The van der Waals surface area contributed by atoms with Crippen LogP contribution in [0.15, 0.2) is 60.8 Å². The molecule has 0 spiro atoms. The van der Waals surface area contributed by atoms with Crippen molar-refractivity contribution in [3.8, 4) is 11.1 Å². The first kappa shape index (κ1) is 32.1. The van der Waals surface area contributed by atoms with E-state index in [9.17, 15) is 19.8 Å². The van der Waals surface area contributed by atoms with Crippen LogP contribution in [-0.2, 0) is 13.1 Å². The van der Waals surface area contributed by atoms with E-state index >= 15 is 0 Å². The Morgan fingerprint density at radius 3 is 2.08 bits per heavy atom. The van der Waals surface area contributed by atoms with Gasteiger partial charge < -0.3 is 20.8 Å². The number of aryl methyl sites for hydroxylation is 1. The van der Waals surface area contributed by atoms with Crippen LogP contribution in [0.5, 0.6) is 0 Å². The summed E-state index contributed by atoms with van der Waals surface area (Å²) in [6.45, 7) is 8.45. The standard InChI is InChI=1S/C37H43N7O4/c1-23-28(6-3-8-30(23)39-36(47)32-12-11-25(19-38-32)20-42-16-13-26(45)21-42)29-7-4-9-31(24(29)2)40-37(48)33-18-35-34(10-5-15-44(35)41-33)43-17-14-27(46)22-43/h3-4,6-9,11-12,18-19,26-27,34,45-46H,5,10,13-17,20-22H2,1-2H3,(H,39,47)(H,40,48)/t26-,27-,34-/m1/s1. The van der Waals surface area contributed by atoms with Crippen LogP contribution in [0.4, 0.5) is 11.4 Å². The Kier molecular flexibility index (Phi) is 9.11. The Morgan fingerprint density at radius 1 is 0.812 bits per heavy atom. The van der Waals surface area contributed by atoms with Crippen LogP contribution < -0.4 is 10.6 Å². The summed E-state index contributed by atoms with van der Waals surface area (Å²) in [5.41, 5.74) is 7.86. The van der Waals surface area contributed by atoms with Crippen LogP contribution in [-0.4, -0.2) is 85.0 Å². The number of amides is 2. The number of carbonyl (C=O) groups is 2. The molecule has 2 aromatic carbocycles. The number of hydrogen-bond acceptors (Lipinski definition) is 8. The molecular weight excluding hydrogens is 606 g/mol. The molecular formula is C37H43N7O4. The number of aromatic nitrogens is 3. The van der Waals surface area contributed by atoms with Crippen LogP contribution in [0.25, 0.3) is 11.1 Å². The Hall–Kier alpha value is -4.42. The van der Waals surface area contributed by atoms with E-state index < -0.39 is 0 Å². The fraction of sp³-hybridized carbons (Fsp3) is 0.405. The summed E-state index contributed by atoms with van der Waals surface area (Å²) in [7, 11) is 0. The minimum absolute atomic E-state index is 0.163. The number of fused-ring (bicyclic) bond motifs is 1. The second-order valence-electron chi connectivity index (χ2n) is 13.4. The number of anilines is 2. The molecule has 0 aliphatic carbocycles. The second kappa shape index (κ2) is 13.6. The van der Waals surface area contributed by atoms with Gasteiger partial charge in [-0.1, -0.05) is 30.3 Å². The molecule has 0 radical (unpaired) electrons. The molecule has 48 heavy (non-hydrogen) atoms. The lowest BCUT2D eigenvalue weighted by molar-refractivity contribution is 0.101. The first-order valence-electron chi connectivity index (χ1n) is 16.9. The Balaban J connectivity index is 1.05. The van der Waals surface area contributed by atoms with Crippen LogP contribution in [0.2, 0.25) is 0 Å². The van der Waals surface area contributed by atoms with Gasteiger partial charge in [-0.3, -0.25) is 29.1 Å². The van der Waals surface area contributed by atoms with E-state index in [-0.39, 0.29) is 30.1 Å². The highest BCUT2D eigenvalue weighted by atomic mass is 16.3.